The zero-order valence-corrected chi connectivity index (χ0v) is 16.7. The third-order valence-electron chi connectivity index (χ3n) is 6.46. The summed E-state index contributed by atoms with van der Waals surface area (Å²) in [4.78, 5) is 25.8. The van der Waals surface area contributed by atoms with Crippen LogP contribution in [0.3, 0.4) is 0 Å². The number of benzene rings is 1. The van der Waals surface area contributed by atoms with Crippen LogP contribution in [0.15, 0.2) is 12.1 Å². The van der Waals surface area contributed by atoms with E-state index in [1.54, 1.807) is 0 Å². The van der Waals surface area contributed by atoms with Crippen LogP contribution >= 0.6 is 0 Å². The minimum Gasteiger partial charge on any atom is -0.486 e. The van der Waals surface area contributed by atoms with E-state index in [0.29, 0.717) is 26.2 Å². The highest BCUT2D eigenvalue weighted by Crippen LogP contribution is 2.51. The van der Waals surface area contributed by atoms with Crippen molar-refractivity contribution >= 4 is 11.9 Å². The van der Waals surface area contributed by atoms with Crippen molar-refractivity contribution < 1.29 is 19.1 Å². The SMILES string of the molecule is CNC(=O)NC(=O)CCN1CC2(CCCC2)c2cc3c(cc2C1C)OCCO3. The van der Waals surface area contributed by atoms with E-state index in [1.165, 1.54) is 31.0 Å². The van der Waals surface area contributed by atoms with Crippen molar-refractivity contribution in [3.8, 4) is 11.5 Å². The molecule has 3 aliphatic rings. The number of hydrogen-bond donors (Lipinski definition) is 2. The summed E-state index contributed by atoms with van der Waals surface area (Å²) in [5.74, 6) is 1.44. The van der Waals surface area contributed by atoms with E-state index in [1.807, 2.05) is 0 Å². The maximum Gasteiger partial charge on any atom is 0.321 e. The molecule has 1 aromatic rings. The van der Waals surface area contributed by atoms with E-state index in [9.17, 15) is 9.59 Å². The molecule has 28 heavy (non-hydrogen) atoms. The molecule has 152 valence electrons. The number of nitrogens with one attached hydrogen (secondary N) is 2. The number of amides is 3. The topological polar surface area (TPSA) is 79.9 Å². The van der Waals surface area contributed by atoms with E-state index in [0.717, 1.165) is 30.9 Å². The number of carbonyl (C=O) groups is 2. The second-order valence-corrected chi connectivity index (χ2v) is 8.09. The van der Waals surface area contributed by atoms with Crippen LogP contribution in [-0.4, -0.2) is 50.2 Å². The Balaban J connectivity index is 1.58. The first-order chi connectivity index (χ1) is 13.5. The standard InChI is InChI=1S/C21H29N3O4/c1-14-15-11-17-18(28-10-9-27-17)12-16(15)21(6-3-4-7-21)13-24(14)8-5-19(25)23-20(26)22-2/h11-12,14H,3-10,13H2,1-2H3,(H2,22,23,25,26). The van der Waals surface area contributed by atoms with Crippen LogP contribution < -0.4 is 20.1 Å². The van der Waals surface area contributed by atoms with Crippen molar-refractivity contribution in [2.45, 2.75) is 50.5 Å². The Morgan fingerprint density at radius 2 is 1.86 bits per heavy atom. The zero-order chi connectivity index (χ0) is 19.7. The number of rotatable bonds is 3. The van der Waals surface area contributed by atoms with Gasteiger partial charge >= 0.3 is 6.03 Å². The molecule has 4 rings (SSSR count). The lowest BCUT2D eigenvalue weighted by molar-refractivity contribution is -0.120. The van der Waals surface area contributed by atoms with Crippen LogP contribution in [0.2, 0.25) is 0 Å². The van der Waals surface area contributed by atoms with Crippen molar-refractivity contribution in [2.24, 2.45) is 0 Å². The molecule has 0 bridgehead atoms. The molecule has 1 unspecified atom stereocenters. The number of urea groups is 1. The molecule has 1 spiro atoms. The van der Waals surface area contributed by atoms with Gasteiger partial charge in [-0.2, -0.15) is 0 Å². The number of fused-ring (bicyclic) bond motifs is 3. The van der Waals surface area contributed by atoms with Gasteiger partial charge in [0.2, 0.25) is 5.91 Å². The van der Waals surface area contributed by atoms with E-state index in [-0.39, 0.29) is 17.4 Å². The van der Waals surface area contributed by atoms with Crippen molar-refractivity contribution in [2.75, 3.05) is 33.4 Å². The molecule has 1 aliphatic carbocycles. The van der Waals surface area contributed by atoms with Crippen LogP contribution in [0.5, 0.6) is 11.5 Å². The van der Waals surface area contributed by atoms with E-state index in [2.05, 4.69) is 34.6 Å². The van der Waals surface area contributed by atoms with Gasteiger partial charge < -0.3 is 14.8 Å². The molecular formula is C21H29N3O4. The fourth-order valence-electron chi connectivity index (χ4n) is 4.97. The predicted octanol–water partition coefficient (Wildman–Crippen LogP) is 2.49. The van der Waals surface area contributed by atoms with E-state index < -0.39 is 6.03 Å². The summed E-state index contributed by atoms with van der Waals surface area (Å²) in [6.07, 6.45) is 5.08. The highest BCUT2D eigenvalue weighted by molar-refractivity contribution is 5.94. The fourth-order valence-corrected chi connectivity index (χ4v) is 4.97. The molecule has 1 atom stereocenters. The Morgan fingerprint density at radius 1 is 1.18 bits per heavy atom. The quantitative estimate of drug-likeness (QED) is 0.833. The van der Waals surface area contributed by atoms with Crippen LogP contribution in [0.25, 0.3) is 0 Å². The van der Waals surface area contributed by atoms with Crippen molar-refractivity contribution in [3.05, 3.63) is 23.3 Å². The molecule has 2 heterocycles. The van der Waals surface area contributed by atoms with Gasteiger partial charge in [-0.15, -0.1) is 0 Å². The van der Waals surface area contributed by atoms with Gasteiger partial charge in [0.05, 0.1) is 0 Å². The molecule has 2 N–H and O–H groups in total. The smallest absolute Gasteiger partial charge is 0.321 e. The zero-order valence-electron chi connectivity index (χ0n) is 16.7. The van der Waals surface area contributed by atoms with Gasteiger partial charge in [-0.1, -0.05) is 12.8 Å². The van der Waals surface area contributed by atoms with Gasteiger partial charge in [0, 0.05) is 38.0 Å². The highest BCUT2D eigenvalue weighted by Gasteiger charge is 2.44. The van der Waals surface area contributed by atoms with Crippen molar-refractivity contribution in [1.82, 2.24) is 15.5 Å². The summed E-state index contributed by atoms with van der Waals surface area (Å²) in [7, 11) is 1.50. The first-order valence-corrected chi connectivity index (χ1v) is 10.2. The lowest BCUT2D eigenvalue weighted by Gasteiger charge is -2.46. The van der Waals surface area contributed by atoms with Crippen LogP contribution in [-0.2, 0) is 10.2 Å². The van der Waals surface area contributed by atoms with E-state index >= 15 is 0 Å². The summed E-state index contributed by atoms with van der Waals surface area (Å²) < 4.78 is 11.7. The monoisotopic (exact) mass is 387 g/mol. The van der Waals surface area contributed by atoms with Crippen LogP contribution in [0.4, 0.5) is 4.79 Å². The van der Waals surface area contributed by atoms with Gasteiger partial charge in [-0.3, -0.25) is 15.0 Å². The molecular weight excluding hydrogens is 358 g/mol. The predicted molar refractivity (Wildman–Crippen MR) is 105 cm³/mol. The van der Waals surface area contributed by atoms with Crippen molar-refractivity contribution in [1.29, 1.82) is 0 Å². The minimum absolute atomic E-state index is 0.120. The Bertz CT molecular complexity index is 773. The molecule has 7 nitrogen and oxygen atoms in total. The maximum atomic E-state index is 12.1. The number of carbonyl (C=O) groups excluding carboxylic acids is 2. The Labute approximate surface area is 165 Å². The minimum atomic E-state index is -0.460. The second-order valence-electron chi connectivity index (χ2n) is 8.09. The maximum absolute atomic E-state index is 12.1. The summed E-state index contributed by atoms with van der Waals surface area (Å²) in [5.41, 5.74) is 2.80. The van der Waals surface area contributed by atoms with Crippen LogP contribution in [0.1, 0.15) is 56.2 Å². The van der Waals surface area contributed by atoms with Crippen molar-refractivity contribution in [3.63, 3.8) is 0 Å². The average molecular weight is 387 g/mol. The first kappa shape index (κ1) is 19.1. The Morgan fingerprint density at radius 3 is 2.54 bits per heavy atom. The van der Waals surface area contributed by atoms with Gasteiger partial charge in [0.25, 0.3) is 0 Å². The van der Waals surface area contributed by atoms with E-state index in [4.69, 9.17) is 9.47 Å². The lowest BCUT2D eigenvalue weighted by atomic mass is 9.71. The fraction of sp³-hybridized carbons (Fsp3) is 0.619. The summed E-state index contributed by atoms with van der Waals surface area (Å²) in [5, 5.41) is 4.77. The number of nitrogens with zero attached hydrogens (tertiary/aromatic N) is 1. The van der Waals surface area contributed by atoms with Gasteiger partial charge in [-0.05, 0) is 43.0 Å². The third-order valence-corrected chi connectivity index (χ3v) is 6.46. The molecule has 3 amide bonds. The summed E-state index contributed by atoms with van der Waals surface area (Å²) >= 11 is 0. The molecule has 7 heteroatoms. The lowest BCUT2D eigenvalue weighted by Crippen LogP contribution is -2.47. The first-order valence-electron chi connectivity index (χ1n) is 10.2. The molecule has 1 fully saturated rings. The molecule has 1 aromatic carbocycles. The molecule has 2 aliphatic heterocycles. The van der Waals surface area contributed by atoms with Gasteiger partial charge in [-0.25, -0.2) is 4.79 Å². The molecule has 1 saturated carbocycles. The average Bonchev–Trinajstić information content (AvgIpc) is 3.18. The molecule has 0 saturated heterocycles. The number of hydrogen-bond acceptors (Lipinski definition) is 5. The highest BCUT2D eigenvalue weighted by atomic mass is 16.6. The van der Waals surface area contributed by atoms with Gasteiger partial charge in [0.1, 0.15) is 13.2 Å². The number of ether oxygens (including phenoxy) is 2. The molecule has 0 radical (unpaired) electrons. The molecule has 0 aromatic heterocycles. The second kappa shape index (κ2) is 7.62. The van der Waals surface area contributed by atoms with Crippen LogP contribution in [0, 0.1) is 0 Å². The summed E-state index contributed by atoms with van der Waals surface area (Å²) in [6, 6.07) is 4.08. The Hall–Kier alpha value is -2.28. The normalized spacial score (nSPS) is 22.6. The third kappa shape index (κ3) is 3.43. The summed E-state index contributed by atoms with van der Waals surface area (Å²) in [6.45, 7) is 4.93. The number of imide groups is 1. The Kier molecular flexibility index (Phi) is 5.19. The van der Waals surface area contributed by atoms with Gasteiger partial charge in [0.15, 0.2) is 11.5 Å². The largest absolute Gasteiger partial charge is 0.486 e.